The van der Waals surface area contributed by atoms with Crippen molar-refractivity contribution in [3.8, 4) is 0 Å². The summed E-state index contributed by atoms with van der Waals surface area (Å²) < 4.78 is 26.7. The van der Waals surface area contributed by atoms with Gasteiger partial charge in [-0.15, -0.1) is 0 Å². The monoisotopic (exact) mass is 290 g/mol. The number of nitrogen functional groups attached to an aromatic ring is 1. The Morgan fingerprint density at radius 2 is 1.86 bits per heavy atom. The van der Waals surface area contributed by atoms with E-state index in [0.717, 1.165) is 23.8 Å². The van der Waals surface area contributed by atoms with E-state index in [4.69, 9.17) is 5.73 Å². The molecule has 110 valence electrons. The van der Waals surface area contributed by atoms with E-state index >= 15 is 0 Å². The van der Waals surface area contributed by atoms with Gasteiger partial charge in [0.1, 0.15) is 11.6 Å². The molecule has 5 heteroatoms. The Bertz CT molecular complexity index is 641. The minimum absolute atomic E-state index is 0.126. The normalized spacial score (nSPS) is 12.0. The molecule has 3 N–H and O–H groups in total. The molecular formula is C16H16F2N2O. The molecule has 0 radical (unpaired) electrons. The van der Waals surface area contributed by atoms with Crippen LogP contribution in [0.5, 0.6) is 0 Å². The number of anilines is 1. The highest BCUT2D eigenvalue weighted by atomic mass is 19.1. The van der Waals surface area contributed by atoms with Crippen LogP contribution >= 0.6 is 0 Å². The molecule has 0 spiro atoms. The van der Waals surface area contributed by atoms with E-state index in [1.54, 1.807) is 31.2 Å². The van der Waals surface area contributed by atoms with Crippen molar-refractivity contribution < 1.29 is 13.6 Å². The average molecular weight is 290 g/mol. The highest BCUT2D eigenvalue weighted by Gasteiger charge is 2.14. The van der Waals surface area contributed by atoms with E-state index in [1.807, 2.05) is 0 Å². The minimum Gasteiger partial charge on any atom is -0.399 e. The fourth-order valence-electron chi connectivity index (χ4n) is 2.04. The highest BCUT2D eigenvalue weighted by Crippen LogP contribution is 2.18. The van der Waals surface area contributed by atoms with Gasteiger partial charge in [0.25, 0.3) is 0 Å². The second kappa shape index (κ2) is 6.35. The van der Waals surface area contributed by atoms with Gasteiger partial charge in [0.05, 0.1) is 12.5 Å². The van der Waals surface area contributed by atoms with Crippen molar-refractivity contribution in [3.05, 3.63) is 65.2 Å². The number of benzene rings is 2. The van der Waals surface area contributed by atoms with Crippen LogP contribution in [0.3, 0.4) is 0 Å². The zero-order chi connectivity index (χ0) is 15.4. The summed E-state index contributed by atoms with van der Waals surface area (Å²) in [6.07, 6.45) is 0.154. The number of nitrogens with two attached hydrogens (primary N) is 1. The average Bonchev–Trinajstić information content (AvgIpc) is 2.44. The van der Waals surface area contributed by atoms with Crippen LogP contribution in [0, 0.1) is 11.6 Å². The van der Waals surface area contributed by atoms with Crippen molar-refractivity contribution in [1.29, 1.82) is 0 Å². The first kappa shape index (κ1) is 15.0. The van der Waals surface area contributed by atoms with Gasteiger partial charge >= 0.3 is 0 Å². The number of amides is 1. The molecule has 2 aromatic rings. The van der Waals surface area contributed by atoms with Crippen LogP contribution in [0.2, 0.25) is 0 Å². The van der Waals surface area contributed by atoms with Crippen LogP contribution in [0.15, 0.2) is 42.5 Å². The number of carbonyl (C=O) groups is 1. The Balaban J connectivity index is 2.01. The Morgan fingerprint density at radius 1 is 1.19 bits per heavy atom. The Kier molecular flexibility index (Phi) is 4.52. The second-order valence-corrected chi connectivity index (χ2v) is 4.87. The highest BCUT2D eigenvalue weighted by molar-refractivity contribution is 5.79. The SMILES string of the molecule is CC(NC(=O)Cc1ccc(N)cc1)c1cc(F)ccc1F. The molecule has 3 nitrogen and oxygen atoms in total. The Labute approximate surface area is 121 Å². The van der Waals surface area contributed by atoms with Crippen LogP contribution < -0.4 is 11.1 Å². The van der Waals surface area contributed by atoms with Crippen LogP contribution in [0.4, 0.5) is 14.5 Å². The third-order valence-corrected chi connectivity index (χ3v) is 3.15. The molecule has 0 aromatic heterocycles. The van der Waals surface area contributed by atoms with Gasteiger partial charge in [0.15, 0.2) is 0 Å². The summed E-state index contributed by atoms with van der Waals surface area (Å²) in [7, 11) is 0. The number of nitrogens with one attached hydrogen (secondary N) is 1. The first-order valence-electron chi connectivity index (χ1n) is 6.54. The van der Waals surface area contributed by atoms with E-state index < -0.39 is 17.7 Å². The van der Waals surface area contributed by atoms with Crippen molar-refractivity contribution in [3.63, 3.8) is 0 Å². The zero-order valence-electron chi connectivity index (χ0n) is 11.6. The topological polar surface area (TPSA) is 55.1 Å². The van der Waals surface area contributed by atoms with E-state index in [9.17, 15) is 13.6 Å². The smallest absolute Gasteiger partial charge is 0.224 e. The van der Waals surface area contributed by atoms with Crippen molar-refractivity contribution >= 4 is 11.6 Å². The largest absolute Gasteiger partial charge is 0.399 e. The lowest BCUT2D eigenvalue weighted by atomic mass is 10.1. The Morgan fingerprint density at radius 3 is 2.52 bits per heavy atom. The molecule has 1 atom stereocenters. The molecule has 1 amide bonds. The number of rotatable bonds is 4. The summed E-state index contributed by atoms with van der Waals surface area (Å²) in [5.74, 6) is -1.35. The first-order chi connectivity index (χ1) is 9.95. The summed E-state index contributed by atoms with van der Waals surface area (Å²) in [4.78, 5) is 11.9. The first-order valence-corrected chi connectivity index (χ1v) is 6.54. The van der Waals surface area contributed by atoms with Gasteiger partial charge in [-0.2, -0.15) is 0 Å². The van der Waals surface area contributed by atoms with Crippen molar-refractivity contribution in [2.45, 2.75) is 19.4 Å². The lowest BCUT2D eigenvalue weighted by Gasteiger charge is -2.15. The molecule has 0 aliphatic carbocycles. The predicted molar refractivity (Wildman–Crippen MR) is 77.5 cm³/mol. The van der Waals surface area contributed by atoms with Crippen LogP contribution in [0.1, 0.15) is 24.1 Å². The van der Waals surface area contributed by atoms with E-state index in [2.05, 4.69) is 5.32 Å². The van der Waals surface area contributed by atoms with Gasteiger partial charge in [-0.05, 0) is 42.8 Å². The van der Waals surface area contributed by atoms with Crippen LogP contribution in [-0.4, -0.2) is 5.91 Å². The number of hydrogen-bond donors (Lipinski definition) is 2. The molecule has 2 aromatic carbocycles. The fraction of sp³-hybridized carbons (Fsp3) is 0.188. The molecule has 0 saturated heterocycles. The van der Waals surface area contributed by atoms with Crippen LogP contribution in [-0.2, 0) is 11.2 Å². The summed E-state index contributed by atoms with van der Waals surface area (Å²) in [6, 6.07) is 9.49. The van der Waals surface area contributed by atoms with E-state index in [1.165, 1.54) is 0 Å². The molecule has 0 aliphatic heterocycles. The van der Waals surface area contributed by atoms with Gasteiger partial charge < -0.3 is 11.1 Å². The maximum atomic E-state index is 13.6. The minimum atomic E-state index is -0.609. The molecule has 0 fully saturated rings. The molecular weight excluding hydrogens is 274 g/mol. The molecule has 0 bridgehead atoms. The van der Waals surface area contributed by atoms with Gasteiger partial charge in [0.2, 0.25) is 5.91 Å². The van der Waals surface area contributed by atoms with Gasteiger partial charge in [-0.25, -0.2) is 8.78 Å². The molecule has 21 heavy (non-hydrogen) atoms. The van der Waals surface area contributed by atoms with Gasteiger partial charge in [-0.1, -0.05) is 12.1 Å². The number of hydrogen-bond acceptors (Lipinski definition) is 2. The number of carbonyl (C=O) groups excluding carboxylic acids is 1. The standard InChI is InChI=1S/C16H16F2N2O/c1-10(14-9-12(17)4-7-15(14)18)20-16(21)8-11-2-5-13(19)6-3-11/h2-7,9-10H,8,19H2,1H3,(H,20,21). The van der Waals surface area contributed by atoms with Crippen molar-refractivity contribution in [1.82, 2.24) is 5.32 Å². The van der Waals surface area contributed by atoms with E-state index in [-0.39, 0.29) is 17.9 Å². The Hall–Kier alpha value is -2.43. The fourth-order valence-corrected chi connectivity index (χ4v) is 2.04. The summed E-state index contributed by atoms with van der Waals surface area (Å²) in [5, 5.41) is 2.65. The summed E-state index contributed by atoms with van der Waals surface area (Å²) in [5.41, 5.74) is 7.11. The third-order valence-electron chi connectivity index (χ3n) is 3.15. The van der Waals surface area contributed by atoms with Gasteiger partial charge in [-0.3, -0.25) is 4.79 Å². The lowest BCUT2D eigenvalue weighted by Crippen LogP contribution is -2.28. The summed E-state index contributed by atoms with van der Waals surface area (Å²) >= 11 is 0. The predicted octanol–water partition coefficient (Wildman–Crippen LogP) is 2.97. The lowest BCUT2D eigenvalue weighted by molar-refractivity contribution is -0.121. The molecule has 0 heterocycles. The molecule has 0 saturated carbocycles. The molecule has 1 unspecified atom stereocenters. The number of halogens is 2. The van der Waals surface area contributed by atoms with Crippen molar-refractivity contribution in [2.75, 3.05) is 5.73 Å². The third kappa shape index (κ3) is 4.02. The zero-order valence-corrected chi connectivity index (χ0v) is 11.6. The summed E-state index contributed by atoms with van der Waals surface area (Å²) in [6.45, 7) is 1.61. The van der Waals surface area contributed by atoms with Crippen molar-refractivity contribution in [2.24, 2.45) is 0 Å². The quantitative estimate of drug-likeness (QED) is 0.851. The maximum Gasteiger partial charge on any atom is 0.224 e. The molecule has 2 rings (SSSR count). The van der Waals surface area contributed by atoms with Crippen LogP contribution in [0.25, 0.3) is 0 Å². The van der Waals surface area contributed by atoms with E-state index in [0.29, 0.717) is 5.69 Å². The maximum absolute atomic E-state index is 13.6. The molecule has 0 aliphatic rings. The second-order valence-electron chi connectivity index (χ2n) is 4.87. The van der Waals surface area contributed by atoms with Gasteiger partial charge in [0, 0.05) is 11.3 Å².